The third-order valence-corrected chi connectivity index (χ3v) is 5.79. The van der Waals surface area contributed by atoms with E-state index in [1.165, 1.54) is 23.9 Å². The predicted octanol–water partition coefficient (Wildman–Crippen LogP) is 3.78. The smallest absolute Gasteiger partial charge is 0.335 e. The highest BCUT2D eigenvalue weighted by Crippen LogP contribution is 2.31. The monoisotopic (exact) mass is 456 g/mol. The first-order valence-corrected chi connectivity index (χ1v) is 10.7. The SMILES string of the molecule is COc1ccccc1OC(C)c1nnc(SC(C)C(=O)Nc2ccc(C(=O)O)cc2)n1C. The number of aromatic nitrogens is 3. The summed E-state index contributed by atoms with van der Waals surface area (Å²) in [5.74, 6) is 0.573. The maximum atomic E-state index is 12.6. The van der Waals surface area contributed by atoms with E-state index in [1.807, 2.05) is 38.2 Å². The lowest BCUT2D eigenvalue weighted by molar-refractivity contribution is -0.115. The molecule has 1 aromatic heterocycles. The van der Waals surface area contributed by atoms with Crippen LogP contribution in [0, 0.1) is 0 Å². The molecule has 32 heavy (non-hydrogen) atoms. The van der Waals surface area contributed by atoms with Crippen LogP contribution in [0.4, 0.5) is 5.69 Å². The molecule has 0 spiro atoms. The molecule has 168 valence electrons. The Morgan fingerprint density at radius 2 is 1.72 bits per heavy atom. The number of nitrogens with one attached hydrogen (secondary N) is 1. The van der Waals surface area contributed by atoms with E-state index in [0.717, 1.165) is 0 Å². The van der Waals surface area contributed by atoms with E-state index >= 15 is 0 Å². The van der Waals surface area contributed by atoms with Crippen LogP contribution in [0.1, 0.15) is 36.1 Å². The van der Waals surface area contributed by atoms with Crippen LogP contribution in [0.3, 0.4) is 0 Å². The molecular formula is C22H24N4O5S. The Bertz CT molecular complexity index is 1100. The van der Waals surface area contributed by atoms with Gasteiger partial charge >= 0.3 is 5.97 Å². The molecule has 0 radical (unpaired) electrons. The van der Waals surface area contributed by atoms with E-state index in [9.17, 15) is 9.59 Å². The van der Waals surface area contributed by atoms with Crippen LogP contribution in [-0.2, 0) is 11.8 Å². The number of thioether (sulfide) groups is 1. The molecule has 3 rings (SSSR count). The van der Waals surface area contributed by atoms with Gasteiger partial charge in [0.05, 0.1) is 17.9 Å². The Morgan fingerprint density at radius 3 is 2.34 bits per heavy atom. The lowest BCUT2D eigenvalue weighted by Crippen LogP contribution is -2.23. The summed E-state index contributed by atoms with van der Waals surface area (Å²) in [5, 5.41) is 20.3. The Balaban J connectivity index is 1.64. The molecule has 10 heteroatoms. The zero-order valence-electron chi connectivity index (χ0n) is 18.1. The first kappa shape index (κ1) is 23.1. The fourth-order valence-corrected chi connectivity index (χ4v) is 3.72. The van der Waals surface area contributed by atoms with Crippen LogP contribution in [-0.4, -0.2) is 44.1 Å². The molecule has 0 bridgehead atoms. The van der Waals surface area contributed by atoms with Gasteiger partial charge in [0.1, 0.15) is 0 Å². The van der Waals surface area contributed by atoms with Crippen LogP contribution in [0.15, 0.2) is 53.7 Å². The van der Waals surface area contributed by atoms with Crippen LogP contribution in [0.2, 0.25) is 0 Å². The molecule has 3 aromatic rings. The number of carboxylic acid groups (broad SMARTS) is 1. The van der Waals surface area contributed by atoms with Gasteiger partial charge in [0, 0.05) is 12.7 Å². The molecule has 0 saturated heterocycles. The predicted molar refractivity (Wildman–Crippen MR) is 120 cm³/mol. The number of hydrogen-bond donors (Lipinski definition) is 2. The number of para-hydroxylation sites is 2. The van der Waals surface area contributed by atoms with Crippen LogP contribution < -0.4 is 14.8 Å². The molecule has 2 atom stereocenters. The van der Waals surface area contributed by atoms with Crippen molar-refractivity contribution in [2.45, 2.75) is 30.4 Å². The zero-order valence-corrected chi connectivity index (χ0v) is 18.9. The van der Waals surface area contributed by atoms with Crippen LogP contribution in [0.25, 0.3) is 0 Å². The number of nitrogens with zero attached hydrogens (tertiary/aromatic N) is 3. The minimum Gasteiger partial charge on any atom is -0.493 e. The molecule has 2 unspecified atom stereocenters. The number of anilines is 1. The van der Waals surface area contributed by atoms with Gasteiger partial charge in [-0.3, -0.25) is 4.79 Å². The van der Waals surface area contributed by atoms with Gasteiger partial charge in [0.2, 0.25) is 5.91 Å². The fourth-order valence-electron chi connectivity index (χ4n) is 2.89. The molecular weight excluding hydrogens is 432 g/mol. The van der Waals surface area contributed by atoms with Crippen molar-refractivity contribution < 1.29 is 24.2 Å². The van der Waals surface area contributed by atoms with Gasteiger partial charge in [-0.25, -0.2) is 4.79 Å². The second-order valence-electron chi connectivity index (χ2n) is 6.94. The highest BCUT2D eigenvalue weighted by atomic mass is 32.2. The van der Waals surface area contributed by atoms with Crippen molar-refractivity contribution in [1.29, 1.82) is 0 Å². The highest BCUT2D eigenvalue weighted by Gasteiger charge is 2.22. The van der Waals surface area contributed by atoms with E-state index in [4.69, 9.17) is 14.6 Å². The van der Waals surface area contributed by atoms with Gasteiger partial charge in [-0.2, -0.15) is 0 Å². The molecule has 0 fully saturated rings. The quantitative estimate of drug-likeness (QED) is 0.468. The lowest BCUT2D eigenvalue weighted by Gasteiger charge is -2.16. The van der Waals surface area contributed by atoms with Gasteiger partial charge in [-0.05, 0) is 50.2 Å². The molecule has 2 aromatic carbocycles. The molecule has 9 nitrogen and oxygen atoms in total. The Labute approximate surface area is 189 Å². The summed E-state index contributed by atoms with van der Waals surface area (Å²) in [6, 6.07) is 13.3. The Morgan fingerprint density at radius 1 is 1.06 bits per heavy atom. The Hall–Kier alpha value is -3.53. The number of methoxy groups -OCH3 is 1. The molecule has 2 N–H and O–H groups in total. The highest BCUT2D eigenvalue weighted by molar-refractivity contribution is 8.00. The molecule has 1 heterocycles. The standard InChI is InChI=1S/C22H24N4O5S/c1-13(31-18-8-6-5-7-17(18)30-4)19-24-25-22(26(19)3)32-14(2)20(27)23-16-11-9-15(10-12-16)21(28)29/h5-14H,1-4H3,(H,23,27)(H,28,29). The lowest BCUT2D eigenvalue weighted by atomic mass is 10.2. The molecule has 0 aliphatic rings. The average molecular weight is 457 g/mol. The van der Waals surface area contributed by atoms with Crippen molar-refractivity contribution in [2.75, 3.05) is 12.4 Å². The van der Waals surface area contributed by atoms with Crippen molar-refractivity contribution in [3.05, 3.63) is 59.9 Å². The number of benzene rings is 2. The van der Waals surface area contributed by atoms with E-state index in [2.05, 4.69) is 15.5 Å². The average Bonchev–Trinajstić information content (AvgIpc) is 3.14. The van der Waals surface area contributed by atoms with Gasteiger partial charge in [0.25, 0.3) is 0 Å². The summed E-state index contributed by atoms with van der Waals surface area (Å²) < 4.78 is 13.1. The number of aromatic carboxylic acids is 1. The summed E-state index contributed by atoms with van der Waals surface area (Å²) >= 11 is 1.26. The summed E-state index contributed by atoms with van der Waals surface area (Å²) in [4.78, 5) is 23.5. The zero-order chi connectivity index (χ0) is 23.3. The number of hydrogen-bond acceptors (Lipinski definition) is 7. The first-order valence-electron chi connectivity index (χ1n) is 9.80. The van der Waals surface area contributed by atoms with Gasteiger partial charge in [-0.1, -0.05) is 23.9 Å². The summed E-state index contributed by atoms with van der Waals surface area (Å²) in [7, 11) is 3.39. The van der Waals surface area contributed by atoms with Crippen molar-refractivity contribution in [2.24, 2.45) is 7.05 Å². The van der Waals surface area contributed by atoms with Crippen molar-refractivity contribution in [3.8, 4) is 11.5 Å². The van der Waals surface area contributed by atoms with Gasteiger partial charge in [0.15, 0.2) is 28.6 Å². The van der Waals surface area contributed by atoms with Gasteiger partial charge in [-0.15, -0.1) is 10.2 Å². The second kappa shape index (κ2) is 10.2. The maximum absolute atomic E-state index is 12.6. The van der Waals surface area contributed by atoms with Crippen molar-refractivity contribution >= 4 is 29.3 Å². The summed E-state index contributed by atoms with van der Waals surface area (Å²) in [5.41, 5.74) is 0.673. The normalized spacial score (nSPS) is 12.6. The first-order chi connectivity index (χ1) is 15.3. The number of rotatable bonds is 9. The third-order valence-electron chi connectivity index (χ3n) is 4.66. The number of amides is 1. The molecule has 1 amide bonds. The van der Waals surface area contributed by atoms with Crippen molar-refractivity contribution in [3.63, 3.8) is 0 Å². The summed E-state index contributed by atoms with van der Waals surface area (Å²) in [6.45, 7) is 3.62. The molecule has 0 saturated carbocycles. The van der Waals surface area contributed by atoms with E-state index in [-0.39, 0.29) is 11.5 Å². The molecule has 0 aliphatic carbocycles. The topological polar surface area (TPSA) is 116 Å². The third kappa shape index (κ3) is 5.38. The van der Waals surface area contributed by atoms with Crippen molar-refractivity contribution in [1.82, 2.24) is 14.8 Å². The van der Waals surface area contributed by atoms with E-state index in [1.54, 1.807) is 30.7 Å². The van der Waals surface area contributed by atoms with Crippen LogP contribution in [0.5, 0.6) is 11.5 Å². The molecule has 0 aliphatic heterocycles. The number of carboxylic acids is 1. The number of ether oxygens (including phenoxy) is 2. The van der Waals surface area contributed by atoms with Crippen LogP contribution >= 0.6 is 11.8 Å². The summed E-state index contributed by atoms with van der Waals surface area (Å²) in [6.07, 6.45) is -0.393. The fraction of sp³-hybridized carbons (Fsp3) is 0.273. The van der Waals surface area contributed by atoms with E-state index in [0.29, 0.717) is 28.2 Å². The minimum atomic E-state index is -1.02. The van der Waals surface area contributed by atoms with Gasteiger partial charge < -0.3 is 24.5 Å². The number of carbonyl (C=O) groups excluding carboxylic acids is 1. The maximum Gasteiger partial charge on any atom is 0.335 e. The largest absolute Gasteiger partial charge is 0.493 e. The van der Waals surface area contributed by atoms with E-state index < -0.39 is 17.3 Å². The second-order valence-corrected chi connectivity index (χ2v) is 8.25. The minimum absolute atomic E-state index is 0.154. The number of carbonyl (C=O) groups is 2. The Kier molecular flexibility index (Phi) is 7.37.